The molecule has 0 saturated heterocycles. The molecule has 0 aliphatic heterocycles. The molecule has 0 saturated carbocycles. The van der Waals surface area contributed by atoms with Crippen LogP contribution in [-0.4, -0.2) is 11.8 Å². The molecule has 0 aliphatic carbocycles. The maximum Gasteiger partial charge on any atom is 0.133 e. The number of nitrogens with zero attached hydrogens (tertiary/aromatic N) is 1. The molecule has 0 unspecified atom stereocenters. The molecule has 0 fully saturated rings. The van der Waals surface area contributed by atoms with Gasteiger partial charge in [0.2, 0.25) is 0 Å². The van der Waals surface area contributed by atoms with Gasteiger partial charge in [0.05, 0.1) is 12.3 Å². The van der Waals surface area contributed by atoms with Gasteiger partial charge in [0.1, 0.15) is 28.8 Å². The first-order chi connectivity index (χ1) is 4.83. The zero-order chi connectivity index (χ0) is 7.40. The molecule has 0 bridgehead atoms. The minimum absolute atomic E-state index is 0.687. The second kappa shape index (κ2) is 3.92. The molecule has 0 N–H and O–H groups in total. The predicted octanol–water partition coefficient (Wildman–Crippen LogP) is 1.89. The molecule has 4 heteroatoms. The van der Waals surface area contributed by atoms with E-state index in [9.17, 15) is 0 Å². The van der Waals surface area contributed by atoms with Gasteiger partial charge in [-0.1, -0.05) is 5.16 Å². The van der Waals surface area contributed by atoms with E-state index in [0.29, 0.717) is 6.61 Å². The number of aromatic nitrogens is 1. The molecule has 56 valence electrons. The summed E-state index contributed by atoms with van der Waals surface area (Å²) in [4.78, 5) is 0. The average Bonchev–Trinajstić information content (AvgIpc) is 2.31. The molecule has 10 heavy (non-hydrogen) atoms. The second-order valence-electron chi connectivity index (χ2n) is 1.99. The molecule has 0 atom stereocenters. The van der Waals surface area contributed by atoms with Gasteiger partial charge >= 0.3 is 0 Å². The Labute approximate surface area is 73.4 Å². The lowest BCUT2D eigenvalue weighted by atomic mass is 10.3. The van der Waals surface area contributed by atoms with Crippen LogP contribution in [0.1, 0.15) is 11.5 Å². The second-order valence-corrected chi connectivity index (χ2v) is 2.61. The first-order valence-electron chi connectivity index (χ1n) is 2.98. The molecule has 0 radical (unpaired) electrons. The van der Waals surface area contributed by atoms with Crippen LogP contribution in [0.25, 0.3) is 0 Å². The zero-order valence-corrected chi connectivity index (χ0v) is 7.79. The van der Waals surface area contributed by atoms with Crippen LogP contribution < -0.4 is 0 Å². The van der Waals surface area contributed by atoms with Gasteiger partial charge in [-0.05, 0) is 6.92 Å². The molecule has 0 aromatic carbocycles. The summed E-state index contributed by atoms with van der Waals surface area (Å²) >= 11 is 1.86. The highest BCUT2D eigenvalue weighted by Gasteiger charge is 1.98. The van der Waals surface area contributed by atoms with Crippen LogP contribution in [-0.2, 0) is 9.49 Å². The van der Waals surface area contributed by atoms with Gasteiger partial charge in [-0.2, -0.15) is 0 Å². The minimum atomic E-state index is 0.687. The van der Waals surface area contributed by atoms with Crippen molar-refractivity contribution in [2.45, 2.75) is 13.3 Å². The summed E-state index contributed by atoms with van der Waals surface area (Å²) in [5.41, 5.74) is 0.953. The molecule has 1 heterocycles. The van der Waals surface area contributed by atoms with Crippen LogP contribution in [0.3, 0.4) is 0 Å². The van der Waals surface area contributed by atoms with Crippen LogP contribution >= 0.6 is 23.0 Å². The quantitative estimate of drug-likeness (QED) is 0.771. The highest BCUT2D eigenvalue weighted by Crippen LogP contribution is 2.02. The van der Waals surface area contributed by atoms with Gasteiger partial charge in [0.25, 0.3) is 0 Å². The van der Waals surface area contributed by atoms with Gasteiger partial charge in [-0.25, -0.2) is 0 Å². The molecule has 0 spiro atoms. The summed E-state index contributed by atoms with van der Waals surface area (Å²) in [5, 5.41) is 3.79. The fourth-order valence-electron chi connectivity index (χ4n) is 0.679. The Morgan fingerprint density at radius 3 is 3.10 bits per heavy atom. The molecule has 1 aromatic rings. The van der Waals surface area contributed by atoms with E-state index in [0.717, 1.165) is 17.9 Å². The molecular formula is C6H8INO2. The topological polar surface area (TPSA) is 35.3 Å². The number of aryl methyl sites for hydroxylation is 1. The SMILES string of the molecule is Cc1cc(CCOI)no1. The fraction of sp³-hybridized carbons (Fsp3) is 0.500. The minimum Gasteiger partial charge on any atom is -0.361 e. The molecular weight excluding hydrogens is 245 g/mol. The van der Waals surface area contributed by atoms with Crippen molar-refractivity contribution in [1.82, 2.24) is 5.16 Å². The van der Waals surface area contributed by atoms with E-state index in [1.54, 1.807) is 0 Å². The van der Waals surface area contributed by atoms with Gasteiger partial charge in [-0.3, -0.25) is 0 Å². The summed E-state index contributed by atoms with van der Waals surface area (Å²) in [6, 6.07) is 1.91. The summed E-state index contributed by atoms with van der Waals surface area (Å²) < 4.78 is 9.70. The first-order valence-corrected chi connectivity index (χ1v) is 3.86. The van der Waals surface area contributed by atoms with Crippen LogP contribution in [0, 0.1) is 6.92 Å². The van der Waals surface area contributed by atoms with Gasteiger partial charge in [-0.15, -0.1) is 0 Å². The Morgan fingerprint density at radius 2 is 2.60 bits per heavy atom. The van der Waals surface area contributed by atoms with E-state index in [2.05, 4.69) is 5.16 Å². The van der Waals surface area contributed by atoms with Crippen LogP contribution in [0.15, 0.2) is 10.6 Å². The van der Waals surface area contributed by atoms with E-state index >= 15 is 0 Å². The van der Waals surface area contributed by atoms with Crippen molar-refractivity contribution >= 4 is 23.0 Å². The highest BCUT2D eigenvalue weighted by molar-refractivity contribution is 14.1. The number of halogens is 1. The number of hydrogen-bond acceptors (Lipinski definition) is 3. The smallest absolute Gasteiger partial charge is 0.133 e. The van der Waals surface area contributed by atoms with Crippen molar-refractivity contribution in [2.24, 2.45) is 0 Å². The Morgan fingerprint density at radius 1 is 1.80 bits per heavy atom. The van der Waals surface area contributed by atoms with E-state index < -0.39 is 0 Å². The monoisotopic (exact) mass is 253 g/mol. The van der Waals surface area contributed by atoms with Crippen molar-refractivity contribution in [3.05, 3.63) is 17.5 Å². The lowest BCUT2D eigenvalue weighted by Crippen LogP contribution is -1.90. The van der Waals surface area contributed by atoms with Gasteiger partial charge in [0.15, 0.2) is 0 Å². The molecule has 3 nitrogen and oxygen atoms in total. The Hall–Kier alpha value is -0.100. The summed E-state index contributed by atoms with van der Waals surface area (Å²) in [5.74, 6) is 0.850. The standard InChI is InChI=1S/C6H8INO2/c1-5-4-6(8-10-5)2-3-9-7/h4H,2-3H2,1H3. The van der Waals surface area contributed by atoms with Crippen LogP contribution in [0.5, 0.6) is 0 Å². The Kier molecular flexibility index (Phi) is 3.14. The van der Waals surface area contributed by atoms with E-state index in [1.807, 2.05) is 36.0 Å². The van der Waals surface area contributed by atoms with E-state index in [-0.39, 0.29) is 0 Å². The Bertz CT molecular complexity index is 199. The number of rotatable bonds is 3. The van der Waals surface area contributed by atoms with Crippen LogP contribution in [0.2, 0.25) is 0 Å². The summed E-state index contributed by atoms with van der Waals surface area (Å²) in [6.45, 7) is 2.56. The van der Waals surface area contributed by atoms with E-state index in [1.165, 1.54) is 0 Å². The first kappa shape index (κ1) is 8.00. The van der Waals surface area contributed by atoms with Crippen molar-refractivity contribution in [3.63, 3.8) is 0 Å². The lowest BCUT2D eigenvalue weighted by Gasteiger charge is -1.88. The van der Waals surface area contributed by atoms with Gasteiger partial charge < -0.3 is 7.59 Å². The molecule has 0 aliphatic rings. The zero-order valence-electron chi connectivity index (χ0n) is 5.63. The molecule has 1 aromatic heterocycles. The maximum atomic E-state index is 4.85. The molecule has 0 amide bonds. The van der Waals surface area contributed by atoms with Crippen molar-refractivity contribution < 1.29 is 7.59 Å². The number of hydrogen-bond donors (Lipinski definition) is 0. The summed E-state index contributed by atoms with van der Waals surface area (Å²) in [7, 11) is 0. The average molecular weight is 253 g/mol. The van der Waals surface area contributed by atoms with Crippen LogP contribution in [0.4, 0.5) is 0 Å². The fourth-order valence-corrected chi connectivity index (χ4v) is 0.899. The molecule has 1 rings (SSSR count). The summed E-state index contributed by atoms with van der Waals surface area (Å²) in [6.07, 6.45) is 0.820. The van der Waals surface area contributed by atoms with Crippen molar-refractivity contribution in [1.29, 1.82) is 0 Å². The maximum absolute atomic E-state index is 4.85. The van der Waals surface area contributed by atoms with Crippen molar-refractivity contribution in [3.8, 4) is 0 Å². The third-order valence-corrected chi connectivity index (χ3v) is 1.55. The Balaban J connectivity index is 2.42. The largest absolute Gasteiger partial charge is 0.361 e. The highest BCUT2D eigenvalue weighted by atomic mass is 127. The lowest BCUT2D eigenvalue weighted by molar-refractivity contribution is 0.378. The normalized spacial score (nSPS) is 10.2. The van der Waals surface area contributed by atoms with Crippen molar-refractivity contribution in [2.75, 3.05) is 6.61 Å². The van der Waals surface area contributed by atoms with E-state index in [4.69, 9.17) is 7.59 Å². The third-order valence-electron chi connectivity index (χ3n) is 1.11. The van der Waals surface area contributed by atoms with Gasteiger partial charge in [0, 0.05) is 12.5 Å². The predicted molar refractivity (Wildman–Crippen MR) is 44.9 cm³/mol. The third kappa shape index (κ3) is 2.26.